The molecule has 0 bridgehead atoms. The van der Waals surface area contributed by atoms with E-state index in [0.29, 0.717) is 5.25 Å². The molecule has 0 atom stereocenters. The monoisotopic (exact) mass is 450 g/mol. The van der Waals surface area contributed by atoms with Crippen molar-refractivity contribution in [2.75, 3.05) is 18.9 Å². The number of benzene rings is 1. The van der Waals surface area contributed by atoms with E-state index in [-0.39, 0.29) is 13.2 Å². The molecule has 3 N–H and O–H groups in total. The summed E-state index contributed by atoms with van der Waals surface area (Å²) in [5, 5.41) is 10.6. The number of aliphatic hydroxyl groups is 1. The van der Waals surface area contributed by atoms with Crippen molar-refractivity contribution in [3.05, 3.63) is 49.1 Å². The molecule has 0 spiro atoms. The molecule has 1 saturated carbocycles. The van der Waals surface area contributed by atoms with Gasteiger partial charge in [-0.25, -0.2) is 15.0 Å². The fraction of sp³-hybridized carbons (Fsp3) is 0.261. The van der Waals surface area contributed by atoms with Gasteiger partial charge in [-0.2, -0.15) is 0 Å². The number of ether oxygens (including phenoxy) is 1. The fourth-order valence-corrected chi connectivity index (χ4v) is 6.32. The highest BCUT2D eigenvalue weighted by Crippen LogP contribution is 2.48. The predicted octanol–water partition coefficient (Wildman–Crippen LogP) is 5.02. The second kappa shape index (κ2) is 8.82. The van der Waals surface area contributed by atoms with Crippen LogP contribution >= 0.6 is 23.1 Å². The number of nitrogens with zero attached hydrogens (tertiary/aromatic N) is 3. The molecule has 5 rings (SSSR count). The minimum atomic E-state index is -0.0118. The molecule has 0 aliphatic heterocycles. The van der Waals surface area contributed by atoms with Crippen molar-refractivity contribution in [3.8, 4) is 28.1 Å². The van der Waals surface area contributed by atoms with Gasteiger partial charge in [-0.1, -0.05) is 18.6 Å². The van der Waals surface area contributed by atoms with Crippen LogP contribution in [0.25, 0.3) is 32.6 Å². The number of hydrogen-bond acceptors (Lipinski definition) is 8. The predicted molar refractivity (Wildman–Crippen MR) is 127 cm³/mol. The molecule has 0 radical (unpaired) electrons. The molecule has 0 amide bonds. The Morgan fingerprint density at radius 1 is 1.13 bits per heavy atom. The highest BCUT2D eigenvalue weighted by atomic mass is 32.2. The minimum Gasteiger partial charge on any atom is -0.491 e. The summed E-state index contributed by atoms with van der Waals surface area (Å²) in [6.07, 6.45) is 8.87. The van der Waals surface area contributed by atoms with Crippen molar-refractivity contribution in [2.24, 2.45) is 0 Å². The average Bonchev–Trinajstić information content (AvgIpc) is 3.10. The summed E-state index contributed by atoms with van der Waals surface area (Å²) in [5.74, 6) is 0.722. The maximum Gasteiger partial charge on any atom is 0.127 e. The van der Waals surface area contributed by atoms with E-state index in [1.165, 1.54) is 25.6 Å². The van der Waals surface area contributed by atoms with Crippen LogP contribution in [-0.2, 0) is 0 Å². The lowest BCUT2D eigenvalue weighted by molar-refractivity contribution is 0.201. The number of nitrogens with two attached hydrogens (primary N) is 1. The van der Waals surface area contributed by atoms with Crippen molar-refractivity contribution in [3.63, 3.8) is 0 Å². The van der Waals surface area contributed by atoms with E-state index in [1.54, 1.807) is 23.7 Å². The van der Waals surface area contributed by atoms with Gasteiger partial charge in [0.15, 0.2) is 0 Å². The minimum absolute atomic E-state index is 0.0118. The summed E-state index contributed by atoms with van der Waals surface area (Å²) in [6.45, 7) is 0.262. The Kier molecular flexibility index (Phi) is 5.76. The third-order valence-electron chi connectivity index (χ3n) is 5.37. The molecule has 1 aliphatic rings. The van der Waals surface area contributed by atoms with Gasteiger partial charge in [0.1, 0.15) is 23.5 Å². The van der Waals surface area contributed by atoms with Crippen LogP contribution in [0.4, 0.5) is 5.69 Å². The summed E-state index contributed by atoms with van der Waals surface area (Å²) in [5.41, 5.74) is 11.2. The molecule has 1 aliphatic carbocycles. The van der Waals surface area contributed by atoms with Crippen LogP contribution in [0.1, 0.15) is 19.3 Å². The number of thiophene rings is 1. The van der Waals surface area contributed by atoms with E-state index in [4.69, 9.17) is 20.6 Å². The standard InChI is InChI=1S/C23H22N4O2S2/c24-21-20-18(14-4-6-16(7-5-14)29-9-8-28)10-19(15-11-25-13-26-12-15)27-22(20)31-23(21)30-17-2-1-3-17/h4-7,10-13,17,28H,1-3,8-9,24H2. The maximum absolute atomic E-state index is 8.98. The second-order valence-corrected chi connectivity index (χ2v) is 10.0. The van der Waals surface area contributed by atoms with E-state index in [9.17, 15) is 0 Å². The smallest absolute Gasteiger partial charge is 0.127 e. The SMILES string of the molecule is Nc1c(SC2CCC2)sc2nc(-c3cncnc3)cc(-c3ccc(OCCO)cc3)c12. The zero-order valence-electron chi connectivity index (χ0n) is 16.8. The number of nitrogen functional groups attached to an aromatic ring is 1. The summed E-state index contributed by atoms with van der Waals surface area (Å²) < 4.78 is 6.66. The normalized spacial score (nSPS) is 14.0. The van der Waals surface area contributed by atoms with Crippen LogP contribution < -0.4 is 10.5 Å². The van der Waals surface area contributed by atoms with Crippen molar-refractivity contribution in [1.82, 2.24) is 15.0 Å². The average molecular weight is 451 g/mol. The summed E-state index contributed by atoms with van der Waals surface area (Å²) >= 11 is 3.55. The molecule has 4 aromatic rings. The molecule has 158 valence electrons. The van der Waals surface area contributed by atoms with Crippen LogP contribution in [0.2, 0.25) is 0 Å². The van der Waals surface area contributed by atoms with Gasteiger partial charge in [0, 0.05) is 28.6 Å². The fourth-order valence-electron chi connectivity index (χ4n) is 3.53. The zero-order chi connectivity index (χ0) is 21.2. The molecule has 1 fully saturated rings. The molecule has 0 saturated heterocycles. The third kappa shape index (κ3) is 4.11. The molecule has 0 unspecified atom stereocenters. The number of thioether (sulfide) groups is 1. The Balaban J connectivity index is 1.63. The van der Waals surface area contributed by atoms with Gasteiger partial charge in [-0.3, -0.25) is 0 Å². The number of rotatable bonds is 7. The van der Waals surface area contributed by atoms with Gasteiger partial charge < -0.3 is 15.6 Å². The molecule has 1 aromatic carbocycles. The van der Waals surface area contributed by atoms with Gasteiger partial charge >= 0.3 is 0 Å². The number of pyridine rings is 1. The Morgan fingerprint density at radius 2 is 1.90 bits per heavy atom. The zero-order valence-corrected chi connectivity index (χ0v) is 18.5. The van der Waals surface area contributed by atoms with Crippen molar-refractivity contribution in [2.45, 2.75) is 28.7 Å². The highest BCUT2D eigenvalue weighted by Gasteiger charge is 2.24. The Labute approximate surface area is 188 Å². The van der Waals surface area contributed by atoms with E-state index in [2.05, 4.69) is 16.0 Å². The molecule has 3 heterocycles. The quantitative estimate of drug-likeness (QED) is 0.408. The number of aromatic nitrogens is 3. The van der Waals surface area contributed by atoms with Gasteiger partial charge in [0.25, 0.3) is 0 Å². The lowest BCUT2D eigenvalue weighted by atomic mass is 10.00. The third-order valence-corrected chi connectivity index (χ3v) is 8.04. The van der Waals surface area contributed by atoms with Crippen LogP contribution in [0.3, 0.4) is 0 Å². The van der Waals surface area contributed by atoms with Crippen LogP contribution in [-0.4, -0.2) is 38.5 Å². The number of hydrogen-bond donors (Lipinski definition) is 2. The van der Waals surface area contributed by atoms with E-state index in [1.807, 2.05) is 36.0 Å². The molecular formula is C23H22N4O2S2. The topological polar surface area (TPSA) is 94.2 Å². The molecule has 8 heteroatoms. The molecule has 3 aromatic heterocycles. The second-order valence-electron chi connectivity index (χ2n) is 7.43. The first-order valence-electron chi connectivity index (χ1n) is 10.2. The summed E-state index contributed by atoms with van der Waals surface area (Å²) in [7, 11) is 0. The maximum atomic E-state index is 8.98. The number of aliphatic hydroxyl groups excluding tert-OH is 1. The lowest BCUT2D eigenvalue weighted by Gasteiger charge is -2.23. The van der Waals surface area contributed by atoms with E-state index < -0.39 is 0 Å². The van der Waals surface area contributed by atoms with Crippen LogP contribution in [0.15, 0.2) is 53.3 Å². The van der Waals surface area contributed by atoms with Gasteiger partial charge in [0.2, 0.25) is 0 Å². The summed E-state index contributed by atoms with van der Waals surface area (Å²) in [4.78, 5) is 14.1. The van der Waals surface area contributed by atoms with Crippen LogP contribution in [0.5, 0.6) is 5.75 Å². The van der Waals surface area contributed by atoms with Gasteiger partial charge in [-0.05, 0) is 42.2 Å². The first-order valence-corrected chi connectivity index (χ1v) is 11.9. The highest BCUT2D eigenvalue weighted by molar-refractivity contribution is 8.02. The van der Waals surface area contributed by atoms with E-state index >= 15 is 0 Å². The number of anilines is 1. The van der Waals surface area contributed by atoms with Crippen molar-refractivity contribution >= 4 is 39.0 Å². The van der Waals surface area contributed by atoms with Crippen molar-refractivity contribution in [1.29, 1.82) is 0 Å². The molecule has 31 heavy (non-hydrogen) atoms. The first-order chi connectivity index (χ1) is 15.2. The van der Waals surface area contributed by atoms with E-state index in [0.717, 1.165) is 48.2 Å². The van der Waals surface area contributed by atoms with Gasteiger partial charge in [-0.15, -0.1) is 23.1 Å². The number of fused-ring (bicyclic) bond motifs is 1. The Bertz CT molecular complexity index is 1190. The van der Waals surface area contributed by atoms with Gasteiger partial charge in [0.05, 0.1) is 22.2 Å². The van der Waals surface area contributed by atoms with Crippen LogP contribution in [0, 0.1) is 0 Å². The summed E-state index contributed by atoms with van der Waals surface area (Å²) in [6, 6.07) is 9.92. The van der Waals surface area contributed by atoms with Crippen molar-refractivity contribution < 1.29 is 9.84 Å². The lowest BCUT2D eigenvalue weighted by Crippen LogP contribution is -2.12. The Hall–Kier alpha value is -2.68. The molecular weight excluding hydrogens is 428 g/mol. The largest absolute Gasteiger partial charge is 0.491 e. The first kappa shape index (κ1) is 20.2. The molecule has 6 nitrogen and oxygen atoms in total. The Morgan fingerprint density at radius 3 is 2.58 bits per heavy atom.